The summed E-state index contributed by atoms with van der Waals surface area (Å²) in [6, 6.07) is 6.18. The van der Waals surface area contributed by atoms with Crippen LogP contribution in [0.1, 0.15) is 39.2 Å². The quantitative estimate of drug-likeness (QED) is 0.167. The van der Waals surface area contributed by atoms with Gasteiger partial charge in [-0.3, -0.25) is 9.69 Å². The highest BCUT2D eigenvalue weighted by atomic mass is 127. The first-order chi connectivity index (χ1) is 12.9. The number of carbonyl (C=O) groups excluding carboxylic acids is 2. The molecule has 1 unspecified atom stereocenters. The maximum atomic E-state index is 13.7. The lowest BCUT2D eigenvalue weighted by molar-refractivity contribution is -0.130. The van der Waals surface area contributed by atoms with Crippen LogP contribution in [-0.4, -0.2) is 48.0 Å². The molecule has 0 spiro atoms. The molecule has 28 heavy (non-hydrogen) atoms. The Hall–Kier alpha value is -1.91. The van der Waals surface area contributed by atoms with Gasteiger partial charge in [-0.25, -0.2) is 14.2 Å². The summed E-state index contributed by atoms with van der Waals surface area (Å²) in [7, 11) is 0. The van der Waals surface area contributed by atoms with E-state index < -0.39 is 5.54 Å². The number of guanidine groups is 1. The second-order valence-electron chi connectivity index (χ2n) is 6.64. The molecule has 1 aliphatic heterocycles. The zero-order valence-corrected chi connectivity index (χ0v) is 18.9. The lowest BCUT2D eigenvalue weighted by atomic mass is 9.99. The number of imide groups is 1. The van der Waals surface area contributed by atoms with Crippen LogP contribution in [0.5, 0.6) is 0 Å². The van der Waals surface area contributed by atoms with Gasteiger partial charge in [-0.2, -0.15) is 0 Å². The van der Waals surface area contributed by atoms with Crippen molar-refractivity contribution in [2.24, 2.45) is 4.99 Å². The standard InChI is InChI=1S/C19H28FN5O2.HI/c1-4-19(3)16(26)25(18(27)24-19)12-8-11-22-17(21-5-2)23-13-14-9-6-7-10-15(14)20;/h6-7,9-10H,4-5,8,11-13H2,1-3H3,(H,24,27)(H2,21,22,23);1H. The lowest BCUT2D eigenvalue weighted by Gasteiger charge is -2.19. The molecule has 1 aliphatic rings. The van der Waals surface area contributed by atoms with Crippen LogP contribution < -0.4 is 16.0 Å². The highest BCUT2D eigenvalue weighted by Gasteiger charge is 2.45. The lowest BCUT2D eigenvalue weighted by Crippen LogP contribution is -2.43. The minimum Gasteiger partial charge on any atom is -0.357 e. The summed E-state index contributed by atoms with van der Waals surface area (Å²) in [5.74, 6) is 0.0982. The molecule has 0 radical (unpaired) electrons. The van der Waals surface area contributed by atoms with Crippen molar-refractivity contribution in [3.8, 4) is 0 Å². The monoisotopic (exact) mass is 505 g/mol. The number of urea groups is 1. The fourth-order valence-electron chi connectivity index (χ4n) is 2.77. The summed E-state index contributed by atoms with van der Waals surface area (Å²) in [6.45, 7) is 7.32. The van der Waals surface area contributed by atoms with Gasteiger partial charge in [-0.05, 0) is 32.8 Å². The van der Waals surface area contributed by atoms with E-state index in [1.807, 2.05) is 13.8 Å². The number of aliphatic imine (C=N–C) groups is 1. The molecule has 1 atom stereocenters. The van der Waals surface area contributed by atoms with E-state index in [4.69, 9.17) is 0 Å². The number of halogens is 2. The molecule has 1 aromatic rings. The molecular weight excluding hydrogens is 476 g/mol. The number of hydrogen-bond acceptors (Lipinski definition) is 3. The first-order valence-corrected chi connectivity index (χ1v) is 9.31. The molecule has 7 nitrogen and oxygen atoms in total. The third-order valence-electron chi connectivity index (χ3n) is 4.61. The van der Waals surface area contributed by atoms with E-state index in [-0.39, 0.29) is 48.3 Å². The summed E-state index contributed by atoms with van der Waals surface area (Å²) in [5, 5.41) is 8.98. The molecule has 1 fully saturated rings. The second-order valence-corrected chi connectivity index (χ2v) is 6.64. The van der Waals surface area contributed by atoms with Gasteiger partial charge in [0.1, 0.15) is 11.4 Å². The summed E-state index contributed by atoms with van der Waals surface area (Å²) in [6.07, 6.45) is 1.14. The normalized spacial score (nSPS) is 19.3. The van der Waals surface area contributed by atoms with Crippen LogP contribution >= 0.6 is 24.0 Å². The molecule has 0 aromatic heterocycles. The van der Waals surface area contributed by atoms with Gasteiger partial charge in [-0.1, -0.05) is 25.1 Å². The molecule has 3 amide bonds. The van der Waals surface area contributed by atoms with E-state index in [1.54, 1.807) is 25.1 Å². The zero-order valence-electron chi connectivity index (χ0n) is 16.5. The van der Waals surface area contributed by atoms with E-state index in [9.17, 15) is 14.0 Å². The number of nitrogens with zero attached hydrogens (tertiary/aromatic N) is 2. The number of benzene rings is 1. The van der Waals surface area contributed by atoms with Crippen molar-refractivity contribution in [1.82, 2.24) is 20.9 Å². The molecule has 0 saturated carbocycles. The Morgan fingerprint density at radius 3 is 2.57 bits per heavy atom. The van der Waals surface area contributed by atoms with Gasteiger partial charge in [0.2, 0.25) is 0 Å². The van der Waals surface area contributed by atoms with Crippen molar-refractivity contribution in [1.29, 1.82) is 0 Å². The average Bonchev–Trinajstić information content (AvgIpc) is 2.87. The fraction of sp³-hybridized carbons (Fsp3) is 0.526. The van der Waals surface area contributed by atoms with Crippen molar-refractivity contribution in [3.05, 3.63) is 35.6 Å². The third kappa shape index (κ3) is 6.05. The third-order valence-corrected chi connectivity index (χ3v) is 4.61. The van der Waals surface area contributed by atoms with Gasteiger partial charge in [-0.15, -0.1) is 24.0 Å². The van der Waals surface area contributed by atoms with Crippen molar-refractivity contribution < 1.29 is 14.0 Å². The second kappa shape index (κ2) is 11.2. The van der Waals surface area contributed by atoms with Crippen LogP contribution in [0, 0.1) is 5.82 Å². The molecule has 2 rings (SSSR count). The van der Waals surface area contributed by atoms with Gasteiger partial charge in [0.15, 0.2) is 5.96 Å². The first kappa shape index (κ1) is 24.1. The van der Waals surface area contributed by atoms with E-state index in [1.165, 1.54) is 11.0 Å². The topological polar surface area (TPSA) is 85.8 Å². The molecule has 0 aliphatic carbocycles. The Balaban J connectivity index is 0.00000392. The number of amides is 3. The molecule has 1 aromatic carbocycles. The SMILES string of the molecule is CCNC(=NCc1ccccc1F)NCCCN1C(=O)NC(C)(CC)C1=O.I. The average molecular weight is 505 g/mol. The molecular formula is C19H29FIN5O2. The van der Waals surface area contributed by atoms with E-state index in [0.717, 1.165) is 0 Å². The number of hydrogen-bond donors (Lipinski definition) is 3. The predicted molar refractivity (Wildman–Crippen MR) is 118 cm³/mol. The van der Waals surface area contributed by atoms with Crippen LogP contribution in [0.15, 0.2) is 29.3 Å². The van der Waals surface area contributed by atoms with Crippen LogP contribution in [0.4, 0.5) is 9.18 Å². The summed E-state index contributed by atoms with van der Waals surface area (Å²) < 4.78 is 13.7. The Morgan fingerprint density at radius 2 is 1.96 bits per heavy atom. The highest BCUT2D eigenvalue weighted by Crippen LogP contribution is 2.20. The van der Waals surface area contributed by atoms with Crippen LogP contribution in [0.3, 0.4) is 0 Å². The van der Waals surface area contributed by atoms with Crippen molar-refractivity contribution in [3.63, 3.8) is 0 Å². The predicted octanol–water partition coefficient (Wildman–Crippen LogP) is 2.61. The summed E-state index contributed by atoms with van der Waals surface area (Å²) in [5.41, 5.74) is -0.284. The van der Waals surface area contributed by atoms with E-state index in [2.05, 4.69) is 20.9 Å². The molecule has 1 saturated heterocycles. The maximum Gasteiger partial charge on any atom is 0.325 e. The Morgan fingerprint density at radius 1 is 1.25 bits per heavy atom. The summed E-state index contributed by atoms with van der Waals surface area (Å²) >= 11 is 0. The molecule has 3 N–H and O–H groups in total. The number of carbonyl (C=O) groups is 2. The van der Waals surface area contributed by atoms with Crippen molar-refractivity contribution in [2.45, 2.75) is 45.7 Å². The van der Waals surface area contributed by atoms with Crippen LogP contribution in [0.25, 0.3) is 0 Å². The number of nitrogens with one attached hydrogen (secondary N) is 3. The van der Waals surface area contributed by atoms with Crippen LogP contribution in [-0.2, 0) is 11.3 Å². The minimum atomic E-state index is -0.805. The van der Waals surface area contributed by atoms with Gasteiger partial charge in [0, 0.05) is 25.2 Å². The first-order valence-electron chi connectivity index (χ1n) is 9.31. The van der Waals surface area contributed by atoms with E-state index >= 15 is 0 Å². The van der Waals surface area contributed by atoms with Gasteiger partial charge >= 0.3 is 6.03 Å². The Labute approximate surface area is 182 Å². The molecule has 9 heteroatoms. The van der Waals surface area contributed by atoms with Gasteiger partial charge < -0.3 is 16.0 Å². The van der Waals surface area contributed by atoms with Gasteiger partial charge in [0.05, 0.1) is 6.54 Å². The van der Waals surface area contributed by atoms with E-state index in [0.29, 0.717) is 44.0 Å². The van der Waals surface area contributed by atoms with Crippen molar-refractivity contribution >= 4 is 41.9 Å². The maximum absolute atomic E-state index is 13.7. The molecule has 1 heterocycles. The number of rotatable bonds is 8. The smallest absolute Gasteiger partial charge is 0.325 e. The molecule has 0 bridgehead atoms. The minimum absolute atomic E-state index is 0. The molecule has 156 valence electrons. The highest BCUT2D eigenvalue weighted by molar-refractivity contribution is 14.0. The zero-order chi connectivity index (χ0) is 19.9. The fourth-order valence-corrected chi connectivity index (χ4v) is 2.77. The van der Waals surface area contributed by atoms with Gasteiger partial charge in [0.25, 0.3) is 5.91 Å². The largest absolute Gasteiger partial charge is 0.357 e. The Bertz CT molecular complexity index is 715. The summed E-state index contributed by atoms with van der Waals surface area (Å²) in [4.78, 5) is 30.0. The van der Waals surface area contributed by atoms with Crippen molar-refractivity contribution in [2.75, 3.05) is 19.6 Å². The van der Waals surface area contributed by atoms with Crippen LogP contribution in [0.2, 0.25) is 0 Å². The Kier molecular flexibility index (Phi) is 9.63.